The molecule has 1 amide bonds. The summed E-state index contributed by atoms with van der Waals surface area (Å²) in [5.74, 6) is 1.72. The molecule has 3 heterocycles. The SMILES string of the molecule is CNc1cc(N2CCC[C@@H]2CNC(=O)Cc2c(C)n[nH]c2C)ncn1. The Morgan fingerprint density at radius 3 is 2.96 bits per heavy atom. The van der Waals surface area contributed by atoms with Crippen molar-refractivity contribution in [1.82, 2.24) is 25.5 Å². The van der Waals surface area contributed by atoms with Crippen LogP contribution in [0.25, 0.3) is 0 Å². The topological polar surface area (TPSA) is 98.8 Å². The molecular formula is C17H25N7O. The van der Waals surface area contributed by atoms with Crippen molar-refractivity contribution < 1.29 is 4.79 Å². The Morgan fingerprint density at radius 1 is 1.40 bits per heavy atom. The third kappa shape index (κ3) is 3.89. The average Bonchev–Trinajstić information content (AvgIpc) is 3.22. The zero-order chi connectivity index (χ0) is 17.8. The zero-order valence-corrected chi connectivity index (χ0v) is 15.0. The van der Waals surface area contributed by atoms with Crippen LogP contribution in [0.1, 0.15) is 29.8 Å². The van der Waals surface area contributed by atoms with Crippen LogP contribution in [-0.2, 0) is 11.2 Å². The number of hydrogen-bond acceptors (Lipinski definition) is 6. The number of carbonyl (C=O) groups is 1. The molecule has 1 fully saturated rings. The van der Waals surface area contributed by atoms with Gasteiger partial charge in [-0.25, -0.2) is 9.97 Å². The maximum absolute atomic E-state index is 12.3. The van der Waals surface area contributed by atoms with Gasteiger partial charge in [0.25, 0.3) is 0 Å². The first-order chi connectivity index (χ1) is 12.1. The number of anilines is 2. The second-order valence-corrected chi connectivity index (χ2v) is 6.39. The van der Waals surface area contributed by atoms with Crippen LogP contribution in [0.3, 0.4) is 0 Å². The number of carbonyl (C=O) groups excluding carboxylic acids is 1. The predicted octanol–water partition coefficient (Wildman–Crippen LogP) is 1.19. The molecule has 25 heavy (non-hydrogen) atoms. The van der Waals surface area contributed by atoms with Gasteiger partial charge in [-0.3, -0.25) is 9.89 Å². The Kier molecular flexibility index (Phi) is 5.16. The first kappa shape index (κ1) is 17.2. The van der Waals surface area contributed by atoms with Crippen molar-refractivity contribution in [1.29, 1.82) is 0 Å². The highest BCUT2D eigenvalue weighted by molar-refractivity contribution is 5.79. The Bertz CT molecular complexity index is 723. The summed E-state index contributed by atoms with van der Waals surface area (Å²) in [6.45, 7) is 5.42. The molecule has 3 N–H and O–H groups in total. The van der Waals surface area contributed by atoms with Gasteiger partial charge in [0, 0.05) is 43.5 Å². The molecule has 0 unspecified atom stereocenters. The number of aryl methyl sites for hydroxylation is 2. The molecule has 134 valence electrons. The van der Waals surface area contributed by atoms with Crippen molar-refractivity contribution in [2.45, 2.75) is 39.2 Å². The van der Waals surface area contributed by atoms with Gasteiger partial charge < -0.3 is 15.5 Å². The van der Waals surface area contributed by atoms with Gasteiger partial charge in [0.05, 0.1) is 12.1 Å². The predicted molar refractivity (Wildman–Crippen MR) is 96.7 cm³/mol. The van der Waals surface area contributed by atoms with Crippen LogP contribution in [0.2, 0.25) is 0 Å². The van der Waals surface area contributed by atoms with Crippen LogP contribution in [0.15, 0.2) is 12.4 Å². The largest absolute Gasteiger partial charge is 0.373 e. The van der Waals surface area contributed by atoms with Gasteiger partial charge in [-0.1, -0.05) is 0 Å². The number of hydrogen-bond donors (Lipinski definition) is 3. The van der Waals surface area contributed by atoms with Gasteiger partial charge in [-0.05, 0) is 26.7 Å². The lowest BCUT2D eigenvalue weighted by atomic mass is 10.1. The van der Waals surface area contributed by atoms with Gasteiger partial charge in [-0.15, -0.1) is 0 Å². The number of nitrogens with one attached hydrogen (secondary N) is 3. The molecule has 1 aliphatic rings. The molecule has 8 nitrogen and oxygen atoms in total. The maximum Gasteiger partial charge on any atom is 0.224 e. The number of aromatic amines is 1. The first-order valence-electron chi connectivity index (χ1n) is 8.62. The highest BCUT2D eigenvalue weighted by Crippen LogP contribution is 2.24. The van der Waals surface area contributed by atoms with E-state index in [1.807, 2.05) is 27.0 Å². The van der Waals surface area contributed by atoms with Crippen molar-refractivity contribution in [3.63, 3.8) is 0 Å². The molecule has 2 aromatic heterocycles. The summed E-state index contributed by atoms with van der Waals surface area (Å²) in [5.41, 5.74) is 2.82. The van der Waals surface area contributed by atoms with E-state index in [9.17, 15) is 4.79 Å². The minimum absolute atomic E-state index is 0.0260. The van der Waals surface area contributed by atoms with Gasteiger partial charge >= 0.3 is 0 Å². The van der Waals surface area contributed by atoms with Crippen molar-refractivity contribution in [3.8, 4) is 0 Å². The van der Waals surface area contributed by atoms with Gasteiger partial charge in [0.15, 0.2) is 0 Å². The second kappa shape index (κ2) is 7.50. The van der Waals surface area contributed by atoms with Gasteiger partial charge in [-0.2, -0.15) is 5.10 Å². The standard InChI is InChI=1S/C17H25N7O/c1-11-14(12(2)23-22-11)7-17(25)19-9-13-5-4-6-24(13)16-8-15(18-3)20-10-21-16/h8,10,13H,4-7,9H2,1-3H3,(H,19,25)(H,22,23)(H,18,20,21)/t13-/m1/s1. The Morgan fingerprint density at radius 2 is 2.24 bits per heavy atom. The van der Waals surface area contributed by atoms with E-state index in [0.717, 1.165) is 48.0 Å². The molecule has 1 aliphatic heterocycles. The summed E-state index contributed by atoms with van der Waals surface area (Å²) < 4.78 is 0. The highest BCUT2D eigenvalue weighted by atomic mass is 16.1. The average molecular weight is 343 g/mol. The smallest absolute Gasteiger partial charge is 0.224 e. The van der Waals surface area contributed by atoms with Gasteiger partial charge in [0.1, 0.15) is 18.0 Å². The van der Waals surface area contributed by atoms with E-state index in [1.54, 1.807) is 6.33 Å². The third-order valence-electron chi connectivity index (χ3n) is 4.73. The van der Waals surface area contributed by atoms with Crippen LogP contribution in [0.4, 0.5) is 11.6 Å². The van der Waals surface area contributed by atoms with Gasteiger partial charge in [0.2, 0.25) is 5.91 Å². The van der Waals surface area contributed by atoms with Crippen molar-refractivity contribution in [2.75, 3.05) is 30.4 Å². The monoisotopic (exact) mass is 343 g/mol. The van der Waals surface area contributed by atoms with Crippen LogP contribution in [-0.4, -0.2) is 52.3 Å². The molecule has 2 aromatic rings. The molecule has 0 radical (unpaired) electrons. The molecular weight excluding hydrogens is 318 g/mol. The molecule has 0 spiro atoms. The molecule has 0 aliphatic carbocycles. The second-order valence-electron chi connectivity index (χ2n) is 6.39. The summed E-state index contributed by atoms with van der Waals surface area (Å²) in [4.78, 5) is 23.1. The Balaban J connectivity index is 1.59. The zero-order valence-electron chi connectivity index (χ0n) is 15.0. The van der Waals surface area contributed by atoms with Crippen molar-refractivity contribution in [2.24, 2.45) is 0 Å². The minimum atomic E-state index is 0.0260. The van der Waals surface area contributed by atoms with Crippen LogP contribution in [0.5, 0.6) is 0 Å². The molecule has 1 atom stereocenters. The molecule has 0 saturated carbocycles. The van der Waals surface area contributed by atoms with Crippen molar-refractivity contribution >= 4 is 17.5 Å². The lowest BCUT2D eigenvalue weighted by Crippen LogP contribution is -2.41. The lowest BCUT2D eigenvalue weighted by Gasteiger charge is -2.26. The number of aromatic nitrogens is 4. The summed E-state index contributed by atoms with van der Waals surface area (Å²) in [6, 6.07) is 2.20. The van der Waals surface area contributed by atoms with Crippen LogP contribution >= 0.6 is 0 Å². The molecule has 3 rings (SSSR count). The van der Waals surface area contributed by atoms with Crippen LogP contribution in [0, 0.1) is 13.8 Å². The third-order valence-corrected chi connectivity index (χ3v) is 4.73. The Hall–Kier alpha value is -2.64. The van der Waals surface area contributed by atoms with E-state index in [0.29, 0.717) is 13.0 Å². The number of amides is 1. The molecule has 0 aromatic carbocycles. The van der Waals surface area contributed by atoms with E-state index < -0.39 is 0 Å². The van der Waals surface area contributed by atoms with E-state index in [-0.39, 0.29) is 11.9 Å². The quantitative estimate of drug-likeness (QED) is 0.729. The fourth-order valence-corrected chi connectivity index (χ4v) is 3.28. The maximum atomic E-state index is 12.3. The number of nitrogens with zero attached hydrogens (tertiary/aromatic N) is 4. The number of H-pyrrole nitrogens is 1. The van der Waals surface area contributed by atoms with E-state index in [2.05, 4.69) is 35.7 Å². The fraction of sp³-hybridized carbons (Fsp3) is 0.529. The summed E-state index contributed by atoms with van der Waals surface area (Å²) in [5, 5.41) is 13.2. The molecule has 1 saturated heterocycles. The lowest BCUT2D eigenvalue weighted by molar-refractivity contribution is -0.120. The highest BCUT2D eigenvalue weighted by Gasteiger charge is 2.26. The minimum Gasteiger partial charge on any atom is -0.373 e. The van der Waals surface area contributed by atoms with Crippen molar-refractivity contribution in [3.05, 3.63) is 29.3 Å². The molecule has 8 heteroatoms. The number of rotatable bonds is 6. The van der Waals surface area contributed by atoms with E-state index in [1.165, 1.54) is 0 Å². The van der Waals surface area contributed by atoms with Crippen LogP contribution < -0.4 is 15.5 Å². The summed E-state index contributed by atoms with van der Waals surface area (Å²) >= 11 is 0. The van der Waals surface area contributed by atoms with E-state index >= 15 is 0 Å². The van der Waals surface area contributed by atoms with E-state index in [4.69, 9.17) is 0 Å². The normalized spacial score (nSPS) is 16.9. The fourth-order valence-electron chi connectivity index (χ4n) is 3.28. The molecule has 0 bridgehead atoms. The summed E-state index contributed by atoms with van der Waals surface area (Å²) in [6.07, 6.45) is 4.07. The summed E-state index contributed by atoms with van der Waals surface area (Å²) in [7, 11) is 1.84. The first-order valence-corrected chi connectivity index (χ1v) is 8.62. The Labute approximate surface area is 147 Å².